The van der Waals surface area contributed by atoms with Gasteiger partial charge in [-0.05, 0) is 55.7 Å². The van der Waals surface area contributed by atoms with Gasteiger partial charge in [-0.15, -0.1) is 0 Å². The molecule has 2 rings (SSSR count). The predicted molar refractivity (Wildman–Crippen MR) is 112 cm³/mol. The Bertz CT molecular complexity index is 884. The van der Waals surface area contributed by atoms with Crippen molar-refractivity contribution in [2.24, 2.45) is 0 Å². The third-order valence-corrected chi connectivity index (χ3v) is 4.63. The van der Waals surface area contributed by atoms with Gasteiger partial charge in [-0.25, -0.2) is 0 Å². The predicted octanol–water partition coefficient (Wildman–Crippen LogP) is 5.03. The Balaban J connectivity index is 1.99. The summed E-state index contributed by atoms with van der Waals surface area (Å²) < 4.78 is 0. The highest BCUT2D eigenvalue weighted by Gasteiger charge is 2.13. The maximum atomic E-state index is 12.3. The van der Waals surface area contributed by atoms with Crippen LogP contribution < -0.4 is 5.32 Å². The number of halogens is 2. The average Bonchev–Trinajstić information content (AvgIpc) is 2.57. The SMILES string of the molecule is Cc1cc(C)c(NC(=O)CN(C)C(=O)/C=C/c2ccc(Cl)cc2Cl)c(C)c1. The minimum absolute atomic E-state index is 0.0513. The highest BCUT2D eigenvalue weighted by atomic mass is 35.5. The van der Waals surface area contributed by atoms with Crippen LogP contribution in [0.4, 0.5) is 5.69 Å². The Morgan fingerprint density at radius 1 is 1.07 bits per heavy atom. The Morgan fingerprint density at radius 3 is 2.30 bits per heavy atom. The normalized spacial score (nSPS) is 10.9. The first-order valence-corrected chi connectivity index (χ1v) is 9.19. The lowest BCUT2D eigenvalue weighted by Crippen LogP contribution is -2.34. The topological polar surface area (TPSA) is 49.4 Å². The third-order valence-electron chi connectivity index (χ3n) is 4.07. The smallest absolute Gasteiger partial charge is 0.246 e. The highest BCUT2D eigenvalue weighted by Crippen LogP contribution is 2.23. The number of aryl methyl sites for hydroxylation is 3. The minimum atomic E-state index is -0.298. The lowest BCUT2D eigenvalue weighted by Gasteiger charge is -2.17. The fourth-order valence-corrected chi connectivity index (χ4v) is 3.25. The van der Waals surface area contributed by atoms with Crippen molar-refractivity contribution >= 4 is 46.8 Å². The average molecular weight is 405 g/mol. The third kappa shape index (κ3) is 5.84. The van der Waals surface area contributed by atoms with E-state index in [4.69, 9.17) is 23.2 Å². The van der Waals surface area contributed by atoms with Gasteiger partial charge in [0, 0.05) is 28.9 Å². The van der Waals surface area contributed by atoms with Gasteiger partial charge < -0.3 is 10.2 Å². The second-order valence-corrected chi connectivity index (χ2v) is 7.36. The van der Waals surface area contributed by atoms with Crippen LogP contribution in [0, 0.1) is 20.8 Å². The van der Waals surface area contributed by atoms with Gasteiger partial charge >= 0.3 is 0 Å². The maximum absolute atomic E-state index is 12.3. The Kier molecular flexibility index (Phi) is 7.05. The van der Waals surface area contributed by atoms with E-state index in [1.807, 2.05) is 32.9 Å². The van der Waals surface area contributed by atoms with Gasteiger partial charge in [0.05, 0.1) is 6.54 Å². The number of amides is 2. The molecule has 1 N–H and O–H groups in total. The van der Waals surface area contributed by atoms with Crippen LogP contribution in [-0.4, -0.2) is 30.3 Å². The molecule has 2 aromatic rings. The van der Waals surface area contributed by atoms with Crippen molar-refractivity contribution in [2.75, 3.05) is 18.9 Å². The summed E-state index contributed by atoms with van der Waals surface area (Å²) in [7, 11) is 1.57. The summed E-state index contributed by atoms with van der Waals surface area (Å²) in [6.45, 7) is 5.85. The summed E-state index contributed by atoms with van der Waals surface area (Å²) in [6, 6.07) is 9.05. The number of anilines is 1. The zero-order valence-corrected chi connectivity index (χ0v) is 17.3. The van der Waals surface area contributed by atoms with Crippen molar-refractivity contribution in [3.8, 4) is 0 Å². The number of rotatable bonds is 5. The van der Waals surface area contributed by atoms with Crippen molar-refractivity contribution in [2.45, 2.75) is 20.8 Å². The van der Waals surface area contributed by atoms with Gasteiger partial charge in [0.25, 0.3) is 0 Å². The molecule has 0 saturated carbocycles. The Morgan fingerprint density at radius 2 is 1.70 bits per heavy atom. The highest BCUT2D eigenvalue weighted by molar-refractivity contribution is 6.35. The molecule has 6 heteroatoms. The number of nitrogens with one attached hydrogen (secondary N) is 1. The second-order valence-electron chi connectivity index (χ2n) is 6.52. The van der Waals surface area contributed by atoms with Crippen molar-refractivity contribution in [1.82, 2.24) is 4.90 Å². The first-order chi connectivity index (χ1) is 12.7. The number of likely N-dealkylation sites (N-methyl/N-ethyl adjacent to an activating group) is 1. The quantitative estimate of drug-likeness (QED) is 0.710. The van der Waals surface area contributed by atoms with Gasteiger partial charge in [0.15, 0.2) is 0 Å². The molecule has 0 atom stereocenters. The van der Waals surface area contributed by atoms with Gasteiger partial charge in [-0.2, -0.15) is 0 Å². The van der Waals surface area contributed by atoms with E-state index < -0.39 is 0 Å². The molecular weight excluding hydrogens is 383 g/mol. The van der Waals surface area contributed by atoms with Gasteiger partial charge in [0.1, 0.15) is 0 Å². The van der Waals surface area contributed by atoms with Crippen LogP contribution in [0.2, 0.25) is 10.0 Å². The van der Waals surface area contributed by atoms with Crippen LogP contribution in [0.5, 0.6) is 0 Å². The molecule has 0 aliphatic carbocycles. The second kappa shape index (κ2) is 9.07. The van der Waals surface area contributed by atoms with E-state index in [-0.39, 0.29) is 18.4 Å². The zero-order chi connectivity index (χ0) is 20.1. The van der Waals surface area contributed by atoms with E-state index >= 15 is 0 Å². The molecule has 0 aliphatic heterocycles. The van der Waals surface area contributed by atoms with Crippen molar-refractivity contribution in [3.63, 3.8) is 0 Å². The summed E-state index contributed by atoms with van der Waals surface area (Å²) in [6.07, 6.45) is 2.98. The van der Waals surface area contributed by atoms with E-state index in [0.29, 0.717) is 15.6 Å². The molecule has 2 amide bonds. The maximum Gasteiger partial charge on any atom is 0.246 e. The first kappa shape index (κ1) is 21.0. The van der Waals surface area contributed by atoms with E-state index in [1.165, 1.54) is 11.0 Å². The summed E-state index contributed by atoms with van der Waals surface area (Å²) in [5.74, 6) is -0.549. The van der Waals surface area contributed by atoms with E-state index in [1.54, 1.807) is 31.3 Å². The van der Waals surface area contributed by atoms with Gasteiger partial charge in [-0.3, -0.25) is 9.59 Å². The van der Waals surface area contributed by atoms with E-state index in [9.17, 15) is 9.59 Å². The van der Waals surface area contributed by atoms with Crippen LogP contribution in [0.15, 0.2) is 36.4 Å². The van der Waals surface area contributed by atoms with E-state index in [2.05, 4.69) is 5.32 Å². The molecule has 0 aromatic heterocycles. The fraction of sp³-hybridized carbons (Fsp3) is 0.238. The molecular formula is C21H22Cl2N2O2. The first-order valence-electron chi connectivity index (χ1n) is 8.43. The standard InChI is InChI=1S/C21H22Cl2N2O2/c1-13-9-14(2)21(15(3)10-13)24-19(26)12-25(4)20(27)8-6-16-5-7-17(22)11-18(16)23/h5-11H,12H2,1-4H3,(H,24,26)/b8-6+. The molecule has 0 fully saturated rings. The van der Waals surface area contributed by atoms with Gasteiger partial charge in [0.2, 0.25) is 11.8 Å². The lowest BCUT2D eigenvalue weighted by atomic mass is 10.1. The molecule has 2 aromatic carbocycles. The molecule has 0 bridgehead atoms. The summed E-state index contributed by atoms with van der Waals surface area (Å²) in [4.78, 5) is 25.9. The largest absolute Gasteiger partial charge is 0.333 e. The number of carbonyl (C=O) groups is 2. The monoisotopic (exact) mass is 404 g/mol. The van der Waals surface area contributed by atoms with Crippen LogP contribution in [0.1, 0.15) is 22.3 Å². The van der Waals surface area contributed by atoms with Crippen LogP contribution in [0.25, 0.3) is 6.08 Å². The summed E-state index contributed by atoms with van der Waals surface area (Å²) >= 11 is 11.9. The van der Waals surface area contributed by atoms with E-state index in [0.717, 1.165) is 22.4 Å². The Hall–Kier alpha value is -2.30. The number of carbonyl (C=O) groups excluding carboxylic acids is 2. The molecule has 0 unspecified atom stereocenters. The van der Waals surface area contributed by atoms with Crippen molar-refractivity contribution in [3.05, 3.63) is 68.7 Å². The number of hydrogen-bond donors (Lipinski definition) is 1. The fourth-order valence-electron chi connectivity index (χ4n) is 2.77. The summed E-state index contributed by atoms with van der Waals surface area (Å²) in [5, 5.41) is 3.87. The van der Waals surface area contributed by atoms with Crippen molar-refractivity contribution < 1.29 is 9.59 Å². The molecule has 0 heterocycles. The van der Waals surface area contributed by atoms with Crippen LogP contribution in [0.3, 0.4) is 0 Å². The molecule has 0 spiro atoms. The molecule has 0 radical (unpaired) electrons. The van der Waals surface area contributed by atoms with Gasteiger partial charge in [-0.1, -0.05) is 47.0 Å². The minimum Gasteiger partial charge on any atom is -0.333 e. The molecule has 27 heavy (non-hydrogen) atoms. The molecule has 142 valence electrons. The number of hydrogen-bond acceptors (Lipinski definition) is 2. The van der Waals surface area contributed by atoms with Crippen LogP contribution in [-0.2, 0) is 9.59 Å². The zero-order valence-electron chi connectivity index (χ0n) is 15.8. The molecule has 0 aliphatic rings. The van der Waals surface area contributed by atoms with Crippen LogP contribution >= 0.6 is 23.2 Å². The van der Waals surface area contributed by atoms with Crippen molar-refractivity contribution in [1.29, 1.82) is 0 Å². The Labute approximate surface area is 169 Å². The number of nitrogens with zero attached hydrogens (tertiary/aromatic N) is 1. The molecule has 4 nitrogen and oxygen atoms in total. The number of benzene rings is 2. The lowest BCUT2D eigenvalue weighted by molar-refractivity contribution is -0.129. The molecule has 0 saturated heterocycles. The summed E-state index contributed by atoms with van der Waals surface area (Å²) in [5.41, 5.74) is 4.59.